The van der Waals surface area contributed by atoms with Crippen molar-refractivity contribution in [1.82, 2.24) is 14.9 Å². The molecule has 0 unspecified atom stereocenters. The molecule has 26 heavy (non-hydrogen) atoms. The topological polar surface area (TPSA) is 75.4 Å². The second-order valence-corrected chi connectivity index (χ2v) is 6.36. The molecule has 0 saturated carbocycles. The summed E-state index contributed by atoms with van der Waals surface area (Å²) in [7, 11) is 0. The number of para-hydroxylation sites is 1. The molecule has 1 fully saturated rings. The lowest BCUT2D eigenvalue weighted by molar-refractivity contribution is -0.384. The lowest BCUT2D eigenvalue weighted by Crippen LogP contribution is -2.46. The van der Waals surface area contributed by atoms with Gasteiger partial charge < -0.3 is 4.90 Å². The second kappa shape index (κ2) is 7.05. The zero-order chi connectivity index (χ0) is 17.9. The molecule has 4 rings (SSSR count). The first-order chi connectivity index (χ1) is 12.7. The molecule has 0 amide bonds. The molecule has 1 aliphatic heterocycles. The number of nitrogens with zero attached hydrogens (tertiary/aromatic N) is 5. The summed E-state index contributed by atoms with van der Waals surface area (Å²) in [5.41, 5.74) is 2.32. The zero-order valence-corrected chi connectivity index (χ0v) is 14.3. The Kier molecular flexibility index (Phi) is 4.45. The standard InChI is InChI=1S/C19H19N5O2/c25-24(26)17-7-3-9-21-19(17)23-12-10-22(11-13-23)14-16-5-1-4-15-6-2-8-20-18(15)16/h1-9H,10-14H2. The van der Waals surface area contributed by atoms with Crippen molar-refractivity contribution >= 4 is 22.4 Å². The molecule has 7 heteroatoms. The number of hydrogen-bond donors (Lipinski definition) is 0. The van der Waals surface area contributed by atoms with Crippen LogP contribution in [0.5, 0.6) is 0 Å². The van der Waals surface area contributed by atoms with E-state index < -0.39 is 0 Å². The third-order valence-corrected chi connectivity index (χ3v) is 4.74. The molecule has 1 saturated heterocycles. The fourth-order valence-electron chi connectivity index (χ4n) is 3.43. The van der Waals surface area contributed by atoms with E-state index in [9.17, 15) is 10.1 Å². The van der Waals surface area contributed by atoms with Gasteiger partial charge >= 0.3 is 5.69 Å². The Morgan fingerprint density at radius 2 is 1.69 bits per heavy atom. The third kappa shape index (κ3) is 3.21. The number of benzene rings is 1. The highest BCUT2D eigenvalue weighted by Gasteiger charge is 2.24. The Balaban J connectivity index is 1.47. The van der Waals surface area contributed by atoms with Crippen LogP contribution in [0, 0.1) is 10.1 Å². The summed E-state index contributed by atoms with van der Waals surface area (Å²) in [6.07, 6.45) is 3.43. The number of pyridine rings is 2. The molecule has 1 aliphatic rings. The monoisotopic (exact) mass is 349 g/mol. The van der Waals surface area contributed by atoms with Crippen LogP contribution in [0.3, 0.4) is 0 Å². The first-order valence-corrected chi connectivity index (χ1v) is 8.62. The molecule has 2 aromatic heterocycles. The largest absolute Gasteiger partial charge is 0.348 e. The number of fused-ring (bicyclic) bond motifs is 1. The van der Waals surface area contributed by atoms with Crippen LogP contribution in [-0.4, -0.2) is 46.0 Å². The molecule has 0 bridgehead atoms. The molecule has 3 aromatic rings. The van der Waals surface area contributed by atoms with Gasteiger partial charge in [0.15, 0.2) is 0 Å². The molecule has 0 aliphatic carbocycles. The number of hydrogen-bond acceptors (Lipinski definition) is 6. The van der Waals surface area contributed by atoms with Gasteiger partial charge in [-0.25, -0.2) is 4.98 Å². The van der Waals surface area contributed by atoms with E-state index in [0.29, 0.717) is 5.82 Å². The van der Waals surface area contributed by atoms with Crippen molar-refractivity contribution in [2.45, 2.75) is 6.54 Å². The van der Waals surface area contributed by atoms with Gasteiger partial charge in [-0.2, -0.15) is 0 Å². The number of piperazine rings is 1. The van der Waals surface area contributed by atoms with Gasteiger partial charge in [-0.1, -0.05) is 24.3 Å². The van der Waals surface area contributed by atoms with Crippen molar-refractivity contribution in [3.63, 3.8) is 0 Å². The van der Waals surface area contributed by atoms with Crippen LogP contribution >= 0.6 is 0 Å². The lowest BCUT2D eigenvalue weighted by atomic mass is 10.1. The Morgan fingerprint density at radius 1 is 0.962 bits per heavy atom. The summed E-state index contributed by atoms with van der Waals surface area (Å²) in [5.74, 6) is 0.462. The molecule has 3 heterocycles. The minimum absolute atomic E-state index is 0.0687. The Bertz CT molecular complexity index is 933. The van der Waals surface area contributed by atoms with Crippen molar-refractivity contribution in [3.05, 3.63) is 70.5 Å². The summed E-state index contributed by atoms with van der Waals surface area (Å²) < 4.78 is 0. The predicted molar refractivity (Wildman–Crippen MR) is 100 cm³/mol. The van der Waals surface area contributed by atoms with Gasteiger partial charge in [0.25, 0.3) is 0 Å². The Hall–Kier alpha value is -3.06. The molecule has 0 spiro atoms. The maximum absolute atomic E-state index is 11.2. The van der Waals surface area contributed by atoms with Gasteiger partial charge in [-0.05, 0) is 17.7 Å². The van der Waals surface area contributed by atoms with Crippen molar-refractivity contribution in [3.8, 4) is 0 Å². The molecular formula is C19H19N5O2. The number of aromatic nitrogens is 2. The fraction of sp³-hybridized carbons (Fsp3) is 0.263. The summed E-state index contributed by atoms with van der Waals surface area (Å²) in [6, 6.07) is 13.4. The maximum Gasteiger partial charge on any atom is 0.311 e. The first-order valence-electron chi connectivity index (χ1n) is 8.62. The summed E-state index contributed by atoms with van der Waals surface area (Å²) in [4.78, 5) is 24.0. The van der Waals surface area contributed by atoms with E-state index in [4.69, 9.17) is 0 Å². The van der Waals surface area contributed by atoms with Crippen LogP contribution in [-0.2, 0) is 6.54 Å². The average Bonchev–Trinajstić information content (AvgIpc) is 2.69. The van der Waals surface area contributed by atoms with Gasteiger partial charge in [0.2, 0.25) is 5.82 Å². The second-order valence-electron chi connectivity index (χ2n) is 6.36. The van der Waals surface area contributed by atoms with Crippen LogP contribution in [0.4, 0.5) is 11.5 Å². The molecule has 0 N–H and O–H groups in total. The van der Waals surface area contributed by atoms with Crippen LogP contribution in [0.2, 0.25) is 0 Å². The lowest BCUT2D eigenvalue weighted by Gasteiger charge is -2.35. The Labute approximate surface area is 151 Å². The average molecular weight is 349 g/mol. The van der Waals surface area contributed by atoms with Crippen LogP contribution in [0.15, 0.2) is 54.9 Å². The van der Waals surface area contributed by atoms with Gasteiger partial charge in [-0.3, -0.25) is 20.0 Å². The van der Waals surface area contributed by atoms with Gasteiger partial charge in [0.05, 0.1) is 10.4 Å². The quantitative estimate of drug-likeness (QED) is 0.532. The normalized spacial score (nSPS) is 15.3. The fourth-order valence-corrected chi connectivity index (χ4v) is 3.43. The third-order valence-electron chi connectivity index (χ3n) is 4.74. The van der Waals surface area contributed by atoms with Crippen molar-refractivity contribution in [1.29, 1.82) is 0 Å². The van der Waals surface area contributed by atoms with E-state index in [0.717, 1.165) is 43.6 Å². The van der Waals surface area contributed by atoms with E-state index >= 15 is 0 Å². The number of nitro groups is 1. The first kappa shape index (κ1) is 16.4. The number of rotatable bonds is 4. The highest BCUT2D eigenvalue weighted by molar-refractivity contribution is 5.81. The highest BCUT2D eigenvalue weighted by Crippen LogP contribution is 2.26. The van der Waals surface area contributed by atoms with E-state index in [2.05, 4.69) is 39.1 Å². The molecule has 132 valence electrons. The van der Waals surface area contributed by atoms with Crippen molar-refractivity contribution in [2.24, 2.45) is 0 Å². The molecular weight excluding hydrogens is 330 g/mol. The minimum Gasteiger partial charge on any atom is -0.348 e. The molecule has 7 nitrogen and oxygen atoms in total. The molecule has 0 radical (unpaired) electrons. The zero-order valence-electron chi connectivity index (χ0n) is 14.3. The Morgan fingerprint density at radius 3 is 2.50 bits per heavy atom. The van der Waals surface area contributed by atoms with Crippen LogP contribution in [0.1, 0.15) is 5.56 Å². The minimum atomic E-state index is -0.365. The van der Waals surface area contributed by atoms with Gasteiger partial charge in [-0.15, -0.1) is 0 Å². The summed E-state index contributed by atoms with van der Waals surface area (Å²) in [6.45, 7) is 3.92. The molecule has 0 atom stereocenters. The predicted octanol–water partition coefficient (Wildman–Crippen LogP) is 2.86. The van der Waals surface area contributed by atoms with Gasteiger partial charge in [0.1, 0.15) is 0 Å². The van der Waals surface area contributed by atoms with E-state index in [1.807, 2.05) is 17.2 Å². The van der Waals surface area contributed by atoms with E-state index in [1.54, 1.807) is 12.3 Å². The number of anilines is 1. The molecule has 1 aromatic carbocycles. The van der Waals surface area contributed by atoms with Gasteiger partial charge in [0, 0.05) is 56.6 Å². The van der Waals surface area contributed by atoms with E-state index in [1.165, 1.54) is 11.6 Å². The van der Waals surface area contributed by atoms with Crippen molar-refractivity contribution < 1.29 is 4.92 Å². The SMILES string of the molecule is O=[N+]([O-])c1cccnc1N1CCN(Cc2cccc3cccnc23)CC1. The smallest absolute Gasteiger partial charge is 0.311 e. The highest BCUT2D eigenvalue weighted by atomic mass is 16.6. The van der Waals surface area contributed by atoms with Crippen LogP contribution < -0.4 is 4.90 Å². The van der Waals surface area contributed by atoms with Crippen LogP contribution in [0.25, 0.3) is 10.9 Å². The van der Waals surface area contributed by atoms with Crippen molar-refractivity contribution in [2.75, 3.05) is 31.1 Å². The maximum atomic E-state index is 11.2. The summed E-state index contributed by atoms with van der Waals surface area (Å²) >= 11 is 0. The van der Waals surface area contributed by atoms with E-state index in [-0.39, 0.29) is 10.6 Å². The summed E-state index contributed by atoms with van der Waals surface area (Å²) in [5, 5.41) is 12.4.